The summed E-state index contributed by atoms with van der Waals surface area (Å²) in [5.74, 6) is 0.390. The molecule has 0 amide bonds. The zero-order valence-electron chi connectivity index (χ0n) is 13.4. The molecular formula is C16H23ClO4. The number of ether oxygens (including phenoxy) is 3. The molecule has 1 aromatic carbocycles. The molecular weight excluding hydrogens is 292 g/mol. The molecule has 0 aliphatic carbocycles. The highest BCUT2D eigenvalue weighted by Crippen LogP contribution is 2.34. The van der Waals surface area contributed by atoms with Crippen molar-refractivity contribution in [3.05, 3.63) is 22.7 Å². The Kier molecular flexibility index (Phi) is 6.34. The first-order valence-electron chi connectivity index (χ1n) is 7.08. The third kappa shape index (κ3) is 5.46. The van der Waals surface area contributed by atoms with Gasteiger partial charge in [0.05, 0.1) is 23.3 Å². The van der Waals surface area contributed by atoms with E-state index in [1.54, 1.807) is 26.0 Å². The van der Waals surface area contributed by atoms with Crippen molar-refractivity contribution < 1.29 is 19.0 Å². The normalized spacial score (nSPS) is 11.1. The molecule has 0 fully saturated rings. The average Bonchev–Trinajstić information content (AvgIpc) is 2.30. The van der Waals surface area contributed by atoms with Crippen LogP contribution in [0.15, 0.2) is 12.1 Å². The van der Waals surface area contributed by atoms with E-state index in [0.717, 1.165) is 0 Å². The van der Waals surface area contributed by atoms with Crippen LogP contribution < -0.4 is 9.47 Å². The quantitative estimate of drug-likeness (QED) is 0.726. The van der Waals surface area contributed by atoms with E-state index in [0.29, 0.717) is 22.1 Å². The fraction of sp³-hybridized carbons (Fsp3) is 0.562. The van der Waals surface area contributed by atoms with Crippen molar-refractivity contribution in [2.75, 3.05) is 0 Å². The Balaban J connectivity index is 3.23. The van der Waals surface area contributed by atoms with Gasteiger partial charge in [-0.05, 0) is 47.6 Å². The van der Waals surface area contributed by atoms with Crippen molar-refractivity contribution in [1.82, 2.24) is 0 Å². The van der Waals surface area contributed by atoms with Gasteiger partial charge in [0.25, 0.3) is 0 Å². The van der Waals surface area contributed by atoms with Gasteiger partial charge in [-0.1, -0.05) is 11.6 Å². The highest BCUT2D eigenvalue weighted by atomic mass is 35.5. The van der Waals surface area contributed by atoms with Gasteiger partial charge >= 0.3 is 5.97 Å². The third-order valence-electron chi connectivity index (χ3n) is 2.32. The molecule has 0 aliphatic rings. The van der Waals surface area contributed by atoms with E-state index in [4.69, 9.17) is 25.8 Å². The molecule has 4 nitrogen and oxygen atoms in total. The van der Waals surface area contributed by atoms with Crippen LogP contribution in [0.1, 0.15) is 51.9 Å². The zero-order valence-corrected chi connectivity index (χ0v) is 14.2. The maximum Gasteiger partial charge on any atom is 0.342 e. The molecule has 0 saturated heterocycles. The van der Waals surface area contributed by atoms with Crippen molar-refractivity contribution in [1.29, 1.82) is 0 Å². The molecule has 0 spiro atoms. The third-order valence-corrected chi connectivity index (χ3v) is 2.62. The highest BCUT2D eigenvalue weighted by molar-refractivity contribution is 6.32. The summed E-state index contributed by atoms with van der Waals surface area (Å²) < 4.78 is 16.5. The minimum atomic E-state index is -0.453. The van der Waals surface area contributed by atoms with Gasteiger partial charge in [0.1, 0.15) is 17.1 Å². The summed E-state index contributed by atoms with van der Waals surface area (Å²) in [5, 5.41) is 0.403. The molecule has 0 unspecified atom stereocenters. The fourth-order valence-corrected chi connectivity index (χ4v) is 1.87. The molecule has 0 radical (unpaired) electrons. The van der Waals surface area contributed by atoms with Crippen molar-refractivity contribution in [2.24, 2.45) is 0 Å². The first-order valence-corrected chi connectivity index (χ1v) is 7.46. The van der Waals surface area contributed by atoms with E-state index in [9.17, 15) is 4.79 Å². The van der Waals surface area contributed by atoms with Gasteiger partial charge in [0.15, 0.2) is 0 Å². The van der Waals surface area contributed by atoms with E-state index in [-0.39, 0.29) is 18.3 Å². The molecule has 0 saturated carbocycles. The van der Waals surface area contributed by atoms with Crippen LogP contribution in [-0.4, -0.2) is 24.3 Å². The first-order chi connectivity index (χ1) is 9.70. The molecule has 0 N–H and O–H groups in total. The second-order valence-electron chi connectivity index (χ2n) is 5.57. The summed E-state index contributed by atoms with van der Waals surface area (Å²) in [6.45, 7) is 11.1. The van der Waals surface area contributed by atoms with Crippen molar-refractivity contribution >= 4 is 17.6 Å². The van der Waals surface area contributed by atoms with E-state index < -0.39 is 5.97 Å². The Morgan fingerprint density at radius 2 is 1.43 bits per heavy atom. The van der Waals surface area contributed by atoms with Gasteiger partial charge in [0, 0.05) is 6.07 Å². The molecule has 0 bridgehead atoms. The van der Waals surface area contributed by atoms with Crippen LogP contribution in [0.3, 0.4) is 0 Å². The second-order valence-corrected chi connectivity index (χ2v) is 5.97. The Bertz CT molecular complexity index is 495. The summed E-state index contributed by atoms with van der Waals surface area (Å²) in [6.07, 6.45) is -0.341. The van der Waals surface area contributed by atoms with E-state index >= 15 is 0 Å². The standard InChI is InChI=1S/C16H23ClO4/c1-9(2)19-14-8-13(17)15(20-10(3)4)7-12(14)16(18)21-11(5)6/h7-11H,1-6H3. The molecule has 21 heavy (non-hydrogen) atoms. The first kappa shape index (κ1) is 17.6. The smallest absolute Gasteiger partial charge is 0.342 e. The predicted octanol–water partition coefficient (Wildman–Crippen LogP) is 4.48. The van der Waals surface area contributed by atoms with Crippen LogP contribution in [0, 0.1) is 0 Å². The largest absolute Gasteiger partial charge is 0.490 e. The van der Waals surface area contributed by atoms with Crippen LogP contribution in [0.2, 0.25) is 5.02 Å². The Hall–Kier alpha value is -1.42. The number of hydrogen-bond donors (Lipinski definition) is 0. The minimum Gasteiger partial charge on any atom is -0.490 e. The minimum absolute atomic E-state index is 0.0478. The summed E-state index contributed by atoms with van der Waals surface area (Å²) >= 11 is 6.18. The zero-order chi connectivity index (χ0) is 16.2. The van der Waals surface area contributed by atoms with Crippen molar-refractivity contribution in [3.63, 3.8) is 0 Å². The Morgan fingerprint density at radius 1 is 0.905 bits per heavy atom. The SMILES string of the molecule is CC(C)OC(=O)c1cc(OC(C)C)c(Cl)cc1OC(C)C. The fourth-order valence-electron chi connectivity index (χ4n) is 1.67. The number of carbonyl (C=O) groups is 1. The van der Waals surface area contributed by atoms with Crippen LogP contribution in [0.25, 0.3) is 0 Å². The van der Waals surface area contributed by atoms with Crippen LogP contribution >= 0.6 is 11.6 Å². The van der Waals surface area contributed by atoms with Gasteiger partial charge < -0.3 is 14.2 Å². The van der Waals surface area contributed by atoms with Crippen molar-refractivity contribution in [2.45, 2.75) is 59.9 Å². The lowest BCUT2D eigenvalue weighted by Crippen LogP contribution is -2.16. The van der Waals surface area contributed by atoms with E-state index in [2.05, 4.69) is 0 Å². The predicted molar refractivity (Wildman–Crippen MR) is 83.5 cm³/mol. The number of hydrogen-bond acceptors (Lipinski definition) is 4. The molecule has 5 heteroatoms. The summed E-state index contributed by atoms with van der Waals surface area (Å²) in [5.41, 5.74) is 0.317. The summed E-state index contributed by atoms with van der Waals surface area (Å²) in [7, 11) is 0. The Labute approximate surface area is 131 Å². The molecule has 0 aromatic heterocycles. The summed E-state index contributed by atoms with van der Waals surface area (Å²) in [4.78, 5) is 12.2. The lowest BCUT2D eigenvalue weighted by molar-refractivity contribution is 0.0371. The molecule has 1 aromatic rings. The van der Waals surface area contributed by atoms with Gasteiger partial charge in [-0.2, -0.15) is 0 Å². The summed E-state index contributed by atoms with van der Waals surface area (Å²) in [6, 6.07) is 3.17. The number of carbonyl (C=O) groups excluding carboxylic acids is 1. The maximum absolute atomic E-state index is 12.2. The van der Waals surface area contributed by atoms with E-state index in [1.165, 1.54) is 0 Å². The van der Waals surface area contributed by atoms with Gasteiger partial charge in [0.2, 0.25) is 0 Å². The number of halogens is 1. The molecule has 1 rings (SSSR count). The van der Waals surface area contributed by atoms with Crippen LogP contribution in [-0.2, 0) is 4.74 Å². The number of benzene rings is 1. The lowest BCUT2D eigenvalue weighted by Gasteiger charge is -2.18. The van der Waals surface area contributed by atoms with Gasteiger partial charge in [-0.3, -0.25) is 0 Å². The van der Waals surface area contributed by atoms with Crippen molar-refractivity contribution in [3.8, 4) is 11.5 Å². The van der Waals surface area contributed by atoms with Gasteiger partial charge in [-0.25, -0.2) is 4.79 Å². The monoisotopic (exact) mass is 314 g/mol. The molecule has 0 aliphatic heterocycles. The van der Waals surface area contributed by atoms with E-state index in [1.807, 2.05) is 27.7 Å². The van der Waals surface area contributed by atoms with Gasteiger partial charge in [-0.15, -0.1) is 0 Å². The molecule has 0 heterocycles. The lowest BCUT2D eigenvalue weighted by atomic mass is 10.2. The maximum atomic E-state index is 12.2. The molecule has 118 valence electrons. The highest BCUT2D eigenvalue weighted by Gasteiger charge is 2.20. The second kappa shape index (κ2) is 7.55. The topological polar surface area (TPSA) is 44.8 Å². The molecule has 0 atom stereocenters. The van der Waals surface area contributed by atoms with Crippen LogP contribution in [0.4, 0.5) is 0 Å². The Morgan fingerprint density at radius 3 is 1.90 bits per heavy atom. The number of esters is 1. The van der Waals surface area contributed by atoms with Crippen LogP contribution in [0.5, 0.6) is 11.5 Å². The number of rotatable bonds is 6. The average molecular weight is 315 g/mol.